The normalized spacial score (nSPS) is 23.8. The first kappa shape index (κ1) is 11.8. The van der Waals surface area contributed by atoms with Gasteiger partial charge in [-0.05, 0) is 31.7 Å². The highest BCUT2D eigenvalue weighted by atomic mass is 19.4. The van der Waals surface area contributed by atoms with Gasteiger partial charge in [-0.15, -0.1) is 0 Å². The Hall–Kier alpha value is -0.290. The molecule has 0 aliphatic heterocycles. The van der Waals surface area contributed by atoms with Crippen molar-refractivity contribution >= 4 is 0 Å². The van der Waals surface area contributed by atoms with Crippen LogP contribution >= 0.6 is 0 Å². The molecule has 1 fully saturated rings. The predicted octanol–water partition coefficient (Wildman–Crippen LogP) is 1.82. The molecule has 0 saturated heterocycles. The lowest BCUT2D eigenvalue weighted by atomic mass is 9.82. The van der Waals surface area contributed by atoms with E-state index in [0.717, 1.165) is 12.8 Å². The number of hydrogen-bond acceptors (Lipinski definition) is 2. The van der Waals surface area contributed by atoms with E-state index < -0.39 is 17.7 Å². The van der Waals surface area contributed by atoms with Crippen LogP contribution in [0.2, 0.25) is 0 Å². The second kappa shape index (κ2) is 4.06. The highest BCUT2D eigenvalue weighted by molar-refractivity contribution is 4.95. The third-order valence-electron chi connectivity index (χ3n) is 3.05. The molecule has 14 heavy (non-hydrogen) atoms. The van der Waals surface area contributed by atoms with Gasteiger partial charge in [0.2, 0.25) is 0 Å². The summed E-state index contributed by atoms with van der Waals surface area (Å²) in [6.07, 6.45) is -2.49. The van der Waals surface area contributed by atoms with Crippen molar-refractivity contribution in [1.82, 2.24) is 0 Å². The molecule has 1 aliphatic carbocycles. The number of aliphatic hydroxyl groups is 1. The fraction of sp³-hybridized carbons (Fsp3) is 1.00. The van der Waals surface area contributed by atoms with E-state index in [1.807, 2.05) is 0 Å². The van der Waals surface area contributed by atoms with Crippen LogP contribution in [0.3, 0.4) is 0 Å². The predicted molar refractivity (Wildman–Crippen MR) is 46.6 cm³/mol. The lowest BCUT2D eigenvalue weighted by Crippen LogP contribution is -2.51. The number of hydrogen-bond donors (Lipinski definition) is 2. The van der Waals surface area contributed by atoms with Gasteiger partial charge in [0.1, 0.15) is 0 Å². The summed E-state index contributed by atoms with van der Waals surface area (Å²) in [6.45, 7) is -0.132. The number of alkyl halides is 3. The molecule has 1 rings (SSSR count). The Balaban J connectivity index is 2.79. The van der Waals surface area contributed by atoms with Crippen molar-refractivity contribution in [3.05, 3.63) is 0 Å². The molecule has 1 atom stereocenters. The molecule has 0 aromatic rings. The molecule has 0 aromatic carbocycles. The van der Waals surface area contributed by atoms with Crippen molar-refractivity contribution < 1.29 is 18.3 Å². The van der Waals surface area contributed by atoms with E-state index in [-0.39, 0.29) is 13.0 Å². The van der Waals surface area contributed by atoms with Crippen LogP contribution in [0.25, 0.3) is 0 Å². The smallest absolute Gasteiger partial charge is 0.380 e. The van der Waals surface area contributed by atoms with E-state index in [4.69, 9.17) is 5.73 Å². The average Bonchev–Trinajstić information content (AvgIpc) is 2.54. The molecule has 84 valence electrons. The van der Waals surface area contributed by atoms with Crippen molar-refractivity contribution in [2.24, 2.45) is 11.7 Å². The zero-order valence-electron chi connectivity index (χ0n) is 7.98. The van der Waals surface area contributed by atoms with Crippen LogP contribution < -0.4 is 5.73 Å². The first-order valence-corrected chi connectivity index (χ1v) is 4.91. The minimum atomic E-state index is -4.55. The van der Waals surface area contributed by atoms with E-state index in [1.165, 1.54) is 0 Å². The summed E-state index contributed by atoms with van der Waals surface area (Å²) in [5.74, 6) is -0.661. The van der Waals surface area contributed by atoms with Gasteiger partial charge in [-0.3, -0.25) is 0 Å². The van der Waals surface area contributed by atoms with Crippen LogP contribution in [-0.4, -0.2) is 23.4 Å². The molecule has 0 radical (unpaired) electrons. The zero-order chi connectivity index (χ0) is 10.8. The minimum Gasteiger partial charge on any atom is -0.380 e. The number of nitrogens with two attached hydrogens (primary N) is 1. The van der Waals surface area contributed by atoms with Gasteiger partial charge in [-0.1, -0.05) is 12.8 Å². The van der Waals surface area contributed by atoms with Crippen LogP contribution in [-0.2, 0) is 0 Å². The van der Waals surface area contributed by atoms with Gasteiger partial charge < -0.3 is 10.8 Å². The first-order chi connectivity index (χ1) is 6.42. The maximum atomic E-state index is 12.6. The number of rotatable bonds is 3. The standard InChI is InChI=1S/C9H16F3NO/c10-9(11,12)8(14,5-6-13)7-3-1-2-4-7/h7,14H,1-6,13H2. The second-order valence-electron chi connectivity index (χ2n) is 3.94. The highest BCUT2D eigenvalue weighted by Gasteiger charge is 2.57. The van der Waals surface area contributed by atoms with Crippen LogP contribution in [0.5, 0.6) is 0 Å². The van der Waals surface area contributed by atoms with E-state index in [9.17, 15) is 18.3 Å². The zero-order valence-corrected chi connectivity index (χ0v) is 7.98. The Morgan fingerprint density at radius 2 is 1.71 bits per heavy atom. The first-order valence-electron chi connectivity index (χ1n) is 4.91. The molecular weight excluding hydrogens is 195 g/mol. The Labute approximate surface area is 81.3 Å². The van der Waals surface area contributed by atoms with Crippen molar-refractivity contribution in [2.75, 3.05) is 6.54 Å². The van der Waals surface area contributed by atoms with Gasteiger partial charge in [-0.2, -0.15) is 13.2 Å². The molecule has 0 aromatic heterocycles. The van der Waals surface area contributed by atoms with Gasteiger partial charge in [0.15, 0.2) is 5.60 Å². The molecule has 0 amide bonds. The molecule has 0 spiro atoms. The Morgan fingerprint density at radius 3 is 2.07 bits per heavy atom. The van der Waals surface area contributed by atoms with Gasteiger partial charge in [0, 0.05) is 0 Å². The summed E-state index contributed by atoms with van der Waals surface area (Å²) < 4.78 is 37.9. The van der Waals surface area contributed by atoms with E-state index in [2.05, 4.69) is 0 Å². The molecule has 0 bridgehead atoms. The fourth-order valence-corrected chi connectivity index (χ4v) is 2.20. The summed E-state index contributed by atoms with van der Waals surface area (Å²) in [5.41, 5.74) is 2.56. The molecule has 3 N–H and O–H groups in total. The van der Waals surface area contributed by atoms with E-state index in [0.29, 0.717) is 12.8 Å². The monoisotopic (exact) mass is 211 g/mol. The largest absolute Gasteiger partial charge is 0.417 e. The summed E-state index contributed by atoms with van der Waals surface area (Å²) in [5, 5.41) is 9.64. The topological polar surface area (TPSA) is 46.2 Å². The lowest BCUT2D eigenvalue weighted by Gasteiger charge is -2.35. The molecular formula is C9H16F3NO. The van der Waals surface area contributed by atoms with Crippen molar-refractivity contribution in [3.8, 4) is 0 Å². The summed E-state index contributed by atoms with van der Waals surface area (Å²) in [6, 6.07) is 0. The third kappa shape index (κ3) is 2.03. The molecule has 1 unspecified atom stereocenters. The van der Waals surface area contributed by atoms with Crippen LogP contribution in [0.4, 0.5) is 13.2 Å². The molecule has 2 nitrogen and oxygen atoms in total. The van der Waals surface area contributed by atoms with Gasteiger partial charge in [0.25, 0.3) is 0 Å². The summed E-state index contributed by atoms with van der Waals surface area (Å²) in [7, 11) is 0. The SMILES string of the molecule is NCCC(O)(C1CCCC1)C(F)(F)F. The molecule has 5 heteroatoms. The van der Waals surface area contributed by atoms with Crippen LogP contribution in [0.1, 0.15) is 32.1 Å². The maximum Gasteiger partial charge on any atom is 0.417 e. The van der Waals surface area contributed by atoms with Crippen molar-refractivity contribution in [2.45, 2.75) is 43.9 Å². The van der Waals surface area contributed by atoms with Crippen molar-refractivity contribution in [1.29, 1.82) is 0 Å². The second-order valence-corrected chi connectivity index (χ2v) is 3.94. The minimum absolute atomic E-state index is 0.132. The molecule has 1 saturated carbocycles. The van der Waals surface area contributed by atoms with Gasteiger partial charge in [0.05, 0.1) is 0 Å². The van der Waals surface area contributed by atoms with Crippen LogP contribution in [0, 0.1) is 5.92 Å². The summed E-state index contributed by atoms with van der Waals surface area (Å²) >= 11 is 0. The fourth-order valence-electron chi connectivity index (χ4n) is 2.20. The quantitative estimate of drug-likeness (QED) is 0.748. The van der Waals surface area contributed by atoms with Gasteiger partial charge in [-0.25, -0.2) is 0 Å². The molecule has 1 aliphatic rings. The lowest BCUT2D eigenvalue weighted by molar-refractivity contribution is -0.280. The van der Waals surface area contributed by atoms with E-state index >= 15 is 0 Å². The Kier molecular flexibility index (Phi) is 3.42. The third-order valence-corrected chi connectivity index (χ3v) is 3.05. The highest BCUT2D eigenvalue weighted by Crippen LogP contribution is 2.45. The van der Waals surface area contributed by atoms with Gasteiger partial charge >= 0.3 is 6.18 Å². The maximum absolute atomic E-state index is 12.6. The summed E-state index contributed by atoms with van der Waals surface area (Å²) in [4.78, 5) is 0. The van der Waals surface area contributed by atoms with E-state index in [1.54, 1.807) is 0 Å². The van der Waals surface area contributed by atoms with Crippen molar-refractivity contribution in [3.63, 3.8) is 0 Å². The molecule has 0 heterocycles. The Morgan fingerprint density at radius 1 is 1.21 bits per heavy atom. The van der Waals surface area contributed by atoms with Crippen LogP contribution in [0.15, 0.2) is 0 Å². The number of halogens is 3. The Bertz CT molecular complexity index is 189. The average molecular weight is 211 g/mol.